The van der Waals surface area contributed by atoms with Gasteiger partial charge in [-0.1, -0.05) is 42.5 Å². The highest BCUT2D eigenvalue weighted by Crippen LogP contribution is 2.14. The van der Waals surface area contributed by atoms with E-state index in [2.05, 4.69) is 0 Å². The second kappa shape index (κ2) is 8.08. The van der Waals surface area contributed by atoms with Crippen LogP contribution in [0.5, 0.6) is 5.75 Å². The predicted molar refractivity (Wildman–Crippen MR) is 86.0 cm³/mol. The minimum Gasteiger partial charge on any atom is -0.497 e. The lowest BCUT2D eigenvalue weighted by molar-refractivity contribution is 0.121. The Labute approximate surface area is 131 Å². The monoisotopic (exact) mass is 299 g/mol. The molecule has 116 valence electrons. The number of rotatable bonds is 6. The highest BCUT2D eigenvalue weighted by molar-refractivity contribution is 5.67. The van der Waals surface area contributed by atoms with Crippen LogP contribution in [0.4, 0.5) is 4.79 Å². The zero-order valence-electron chi connectivity index (χ0n) is 13.0. The number of carbonyl (C=O) groups excluding carboxylic acids is 1. The Morgan fingerprint density at radius 3 is 2.41 bits per heavy atom. The van der Waals surface area contributed by atoms with Crippen molar-refractivity contribution in [2.45, 2.75) is 13.0 Å². The van der Waals surface area contributed by atoms with E-state index in [9.17, 15) is 4.79 Å². The van der Waals surface area contributed by atoms with E-state index in [-0.39, 0.29) is 6.09 Å². The Hall–Kier alpha value is -2.49. The van der Waals surface area contributed by atoms with Gasteiger partial charge in [0.2, 0.25) is 0 Å². The zero-order valence-corrected chi connectivity index (χ0v) is 13.0. The Morgan fingerprint density at radius 1 is 1.00 bits per heavy atom. The van der Waals surface area contributed by atoms with Gasteiger partial charge in [0.25, 0.3) is 0 Å². The van der Waals surface area contributed by atoms with Gasteiger partial charge in [0.15, 0.2) is 0 Å². The molecule has 0 aliphatic carbocycles. The molecule has 1 amide bonds. The van der Waals surface area contributed by atoms with E-state index >= 15 is 0 Å². The van der Waals surface area contributed by atoms with Crippen molar-refractivity contribution in [2.75, 3.05) is 20.8 Å². The number of amides is 1. The molecule has 0 radical (unpaired) electrons. The van der Waals surface area contributed by atoms with Crippen LogP contribution in [-0.2, 0) is 17.7 Å². The maximum Gasteiger partial charge on any atom is 0.409 e. The molecule has 0 aromatic heterocycles. The summed E-state index contributed by atoms with van der Waals surface area (Å²) in [7, 11) is 3.06. The van der Waals surface area contributed by atoms with Crippen LogP contribution in [0, 0.1) is 0 Å². The van der Waals surface area contributed by atoms with E-state index < -0.39 is 0 Å². The zero-order chi connectivity index (χ0) is 15.8. The van der Waals surface area contributed by atoms with E-state index in [0.29, 0.717) is 13.1 Å². The van der Waals surface area contributed by atoms with Crippen LogP contribution >= 0.6 is 0 Å². The molecule has 2 aromatic rings. The minimum atomic E-state index is -0.313. The summed E-state index contributed by atoms with van der Waals surface area (Å²) in [4.78, 5) is 13.6. The average molecular weight is 299 g/mol. The first-order chi connectivity index (χ1) is 10.7. The number of hydrogen-bond donors (Lipinski definition) is 0. The van der Waals surface area contributed by atoms with Gasteiger partial charge < -0.3 is 14.4 Å². The van der Waals surface area contributed by atoms with Crippen molar-refractivity contribution in [1.29, 1.82) is 0 Å². The van der Waals surface area contributed by atoms with Crippen LogP contribution < -0.4 is 4.74 Å². The number of methoxy groups -OCH3 is 2. The molecule has 0 bridgehead atoms. The second-order valence-electron chi connectivity index (χ2n) is 4.98. The van der Waals surface area contributed by atoms with Crippen LogP contribution in [0.25, 0.3) is 0 Å². The molecule has 0 saturated carbocycles. The molecule has 0 spiro atoms. The molecule has 0 aliphatic heterocycles. The van der Waals surface area contributed by atoms with Gasteiger partial charge >= 0.3 is 6.09 Å². The highest BCUT2D eigenvalue weighted by Gasteiger charge is 2.14. The van der Waals surface area contributed by atoms with E-state index in [1.165, 1.54) is 7.11 Å². The lowest BCUT2D eigenvalue weighted by atomic mass is 10.1. The molecule has 0 aliphatic rings. The maximum atomic E-state index is 11.9. The highest BCUT2D eigenvalue weighted by atomic mass is 16.5. The standard InChI is InChI=1S/C18H21NO3/c1-21-17-10-6-9-15(13-17)11-12-19(18(20)22-2)14-16-7-4-3-5-8-16/h3-10,13H,11-12,14H2,1-2H3. The van der Waals surface area contributed by atoms with Crippen LogP contribution in [0.3, 0.4) is 0 Å². The molecule has 0 fully saturated rings. The molecule has 2 rings (SSSR count). The molecule has 2 aromatic carbocycles. The number of nitrogens with zero attached hydrogens (tertiary/aromatic N) is 1. The summed E-state index contributed by atoms with van der Waals surface area (Å²) in [5.74, 6) is 0.824. The second-order valence-corrected chi connectivity index (χ2v) is 4.98. The van der Waals surface area contributed by atoms with Crippen LogP contribution in [0.1, 0.15) is 11.1 Å². The molecule has 0 N–H and O–H groups in total. The van der Waals surface area contributed by atoms with E-state index in [1.54, 1.807) is 12.0 Å². The summed E-state index contributed by atoms with van der Waals surface area (Å²) in [6.45, 7) is 1.13. The first-order valence-corrected chi connectivity index (χ1v) is 7.22. The summed E-state index contributed by atoms with van der Waals surface area (Å²) in [6.07, 6.45) is 0.436. The third-order valence-corrected chi connectivity index (χ3v) is 3.45. The number of benzene rings is 2. The predicted octanol–water partition coefficient (Wildman–Crippen LogP) is 3.51. The van der Waals surface area contributed by atoms with E-state index in [4.69, 9.17) is 9.47 Å². The first kappa shape index (κ1) is 15.9. The summed E-state index contributed by atoms with van der Waals surface area (Å²) in [5, 5.41) is 0. The maximum absolute atomic E-state index is 11.9. The van der Waals surface area contributed by atoms with E-state index in [1.807, 2.05) is 54.6 Å². The van der Waals surface area contributed by atoms with Crippen LogP contribution in [0.2, 0.25) is 0 Å². The Bertz CT molecular complexity index is 598. The number of hydrogen-bond acceptors (Lipinski definition) is 3. The van der Waals surface area contributed by atoms with Crippen molar-refractivity contribution in [3.05, 3.63) is 65.7 Å². The van der Waals surface area contributed by atoms with Gasteiger partial charge in [-0.15, -0.1) is 0 Å². The van der Waals surface area contributed by atoms with Crippen molar-refractivity contribution in [3.8, 4) is 5.75 Å². The Kier molecular flexibility index (Phi) is 5.83. The van der Waals surface area contributed by atoms with Gasteiger partial charge in [-0.05, 0) is 29.7 Å². The molecule has 4 nitrogen and oxygen atoms in total. The largest absolute Gasteiger partial charge is 0.497 e. The number of ether oxygens (including phenoxy) is 2. The van der Waals surface area contributed by atoms with Gasteiger partial charge in [0.05, 0.1) is 14.2 Å². The van der Waals surface area contributed by atoms with Gasteiger partial charge in [0, 0.05) is 13.1 Å². The van der Waals surface area contributed by atoms with Gasteiger partial charge in [0.1, 0.15) is 5.75 Å². The fourth-order valence-corrected chi connectivity index (χ4v) is 2.26. The minimum absolute atomic E-state index is 0.313. The fraction of sp³-hybridized carbons (Fsp3) is 0.278. The van der Waals surface area contributed by atoms with Crippen molar-refractivity contribution in [3.63, 3.8) is 0 Å². The molecule has 22 heavy (non-hydrogen) atoms. The molecule has 0 saturated heterocycles. The van der Waals surface area contributed by atoms with Gasteiger partial charge in [-0.25, -0.2) is 4.79 Å². The third kappa shape index (κ3) is 4.52. The first-order valence-electron chi connectivity index (χ1n) is 7.22. The number of carbonyl (C=O) groups is 1. The summed E-state index contributed by atoms with van der Waals surface area (Å²) >= 11 is 0. The molecular weight excluding hydrogens is 278 g/mol. The lowest BCUT2D eigenvalue weighted by Gasteiger charge is -2.21. The van der Waals surface area contributed by atoms with Crippen molar-refractivity contribution < 1.29 is 14.3 Å². The quantitative estimate of drug-likeness (QED) is 0.819. The summed E-state index contributed by atoms with van der Waals surface area (Å²) in [6, 6.07) is 17.8. The van der Waals surface area contributed by atoms with Crippen molar-refractivity contribution in [2.24, 2.45) is 0 Å². The summed E-state index contributed by atoms with van der Waals surface area (Å²) < 4.78 is 10.1. The van der Waals surface area contributed by atoms with Gasteiger partial charge in [-0.3, -0.25) is 0 Å². The smallest absolute Gasteiger partial charge is 0.409 e. The topological polar surface area (TPSA) is 38.8 Å². The van der Waals surface area contributed by atoms with Crippen molar-refractivity contribution >= 4 is 6.09 Å². The molecule has 4 heteroatoms. The normalized spacial score (nSPS) is 10.1. The molecule has 0 atom stereocenters. The van der Waals surface area contributed by atoms with Crippen molar-refractivity contribution in [1.82, 2.24) is 4.90 Å². The Morgan fingerprint density at radius 2 is 1.73 bits per heavy atom. The lowest BCUT2D eigenvalue weighted by Crippen LogP contribution is -2.32. The van der Waals surface area contributed by atoms with Gasteiger partial charge in [-0.2, -0.15) is 0 Å². The Balaban J connectivity index is 2.02. The molecular formula is C18H21NO3. The third-order valence-electron chi connectivity index (χ3n) is 3.45. The molecule has 0 heterocycles. The summed E-state index contributed by atoms with van der Waals surface area (Å²) in [5.41, 5.74) is 2.21. The SMILES string of the molecule is COC(=O)N(CCc1cccc(OC)c1)Cc1ccccc1. The average Bonchev–Trinajstić information content (AvgIpc) is 2.59. The van der Waals surface area contributed by atoms with Crippen LogP contribution in [-0.4, -0.2) is 31.8 Å². The fourth-order valence-electron chi connectivity index (χ4n) is 2.26. The molecule has 0 unspecified atom stereocenters. The van der Waals surface area contributed by atoms with E-state index in [0.717, 1.165) is 23.3 Å². The van der Waals surface area contributed by atoms with Crippen LogP contribution in [0.15, 0.2) is 54.6 Å².